The van der Waals surface area contributed by atoms with Gasteiger partial charge in [-0.05, 0) is 26.7 Å². The van der Waals surface area contributed by atoms with E-state index in [2.05, 4.69) is 21.2 Å². The van der Waals surface area contributed by atoms with Gasteiger partial charge in [-0.2, -0.15) is 0 Å². The van der Waals surface area contributed by atoms with E-state index in [-0.39, 0.29) is 16.3 Å². The summed E-state index contributed by atoms with van der Waals surface area (Å²) < 4.78 is 0. The zero-order valence-electron chi connectivity index (χ0n) is 8.44. The van der Waals surface area contributed by atoms with Crippen LogP contribution in [0.3, 0.4) is 0 Å². The summed E-state index contributed by atoms with van der Waals surface area (Å²) in [5.41, 5.74) is -0.141. The van der Waals surface area contributed by atoms with E-state index in [0.717, 1.165) is 0 Å². The molecule has 3 heteroatoms. The Bertz CT molecular complexity index is 160. The number of carbonyl (C=O) groups excluding carboxylic acids is 1. The highest BCUT2D eigenvalue weighted by molar-refractivity contribution is 9.10. The van der Waals surface area contributed by atoms with E-state index in [9.17, 15) is 4.79 Å². The molecule has 0 fully saturated rings. The Balaban J connectivity index is 4.05. The van der Waals surface area contributed by atoms with Crippen molar-refractivity contribution in [2.24, 2.45) is 5.92 Å². The third-order valence-corrected chi connectivity index (χ3v) is 2.81. The fourth-order valence-corrected chi connectivity index (χ4v) is 0.856. The van der Waals surface area contributed by atoms with Crippen molar-refractivity contribution in [1.29, 1.82) is 0 Å². The van der Waals surface area contributed by atoms with Crippen LogP contribution in [0, 0.1) is 5.92 Å². The molecule has 1 N–H and O–H groups in total. The van der Waals surface area contributed by atoms with Crippen LogP contribution in [0.25, 0.3) is 0 Å². The number of carbonyl (C=O) groups is 1. The fraction of sp³-hybridized carbons (Fsp3) is 0.889. The summed E-state index contributed by atoms with van der Waals surface area (Å²) in [7, 11) is 0. The number of hydrogen-bond acceptors (Lipinski definition) is 1. The molecule has 0 radical (unpaired) electrons. The minimum atomic E-state index is -0.141. The van der Waals surface area contributed by atoms with Crippen LogP contribution in [-0.2, 0) is 4.79 Å². The van der Waals surface area contributed by atoms with Crippen molar-refractivity contribution in [3.63, 3.8) is 0 Å². The number of rotatable bonds is 2. The van der Waals surface area contributed by atoms with Gasteiger partial charge in [0.15, 0.2) is 0 Å². The molecule has 72 valence electrons. The first kappa shape index (κ1) is 11.9. The first-order valence-electron chi connectivity index (χ1n) is 4.20. The van der Waals surface area contributed by atoms with Crippen molar-refractivity contribution < 1.29 is 4.79 Å². The molecule has 0 saturated heterocycles. The lowest BCUT2D eigenvalue weighted by Crippen LogP contribution is -2.45. The van der Waals surface area contributed by atoms with Crippen molar-refractivity contribution in [3.05, 3.63) is 0 Å². The van der Waals surface area contributed by atoms with Gasteiger partial charge in [-0.1, -0.05) is 29.8 Å². The lowest BCUT2D eigenvalue weighted by Gasteiger charge is -2.23. The maximum Gasteiger partial charge on any atom is 0.234 e. The van der Waals surface area contributed by atoms with Crippen LogP contribution >= 0.6 is 15.9 Å². The number of halogens is 1. The Kier molecular flexibility index (Phi) is 4.24. The van der Waals surface area contributed by atoms with Gasteiger partial charge in [-0.3, -0.25) is 4.79 Å². The largest absolute Gasteiger partial charge is 0.351 e. The van der Waals surface area contributed by atoms with Gasteiger partial charge in [0, 0.05) is 5.54 Å². The molecule has 1 atom stereocenters. The molecule has 0 heterocycles. The maximum absolute atomic E-state index is 11.4. The van der Waals surface area contributed by atoms with E-state index < -0.39 is 0 Å². The molecular weight excluding hydrogens is 218 g/mol. The van der Waals surface area contributed by atoms with Crippen LogP contribution in [0.4, 0.5) is 0 Å². The highest BCUT2D eigenvalue weighted by atomic mass is 79.9. The van der Waals surface area contributed by atoms with Crippen LogP contribution in [-0.4, -0.2) is 16.3 Å². The summed E-state index contributed by atoms with van der Waals surface area (Å²) in [6.45, 7) is 9.96. The topological polar surface area (TPSA) is 29.1 Å². The van der Waals surface area contributed by atoms with Gasteiger partial charge in [0.1, 0.15) is 0 Å². The quantitative estimate of drug-likeness (QED) is 0.732. The monoisotopic (exact) mass is 235 g/mol. The average molecular weight is 236 g/mol. The average Bonchev–Trinajstić information content (AvgIpc) is 1.82. The van der Waals surface area contributed by atoms with E-state index in [1.165, 1.54) is 0 Å². The molecule has 1 amide bonds. The highest BCUT2D eigenvalue weighted by Crippen LogP contribution is 2.13. The van der Waals surface area contributed by atoms with Crippen molar-refractivity contribution >= 4 is 21.8 Å². The van der Waals surface area contributed by atoms with Crippen molar-refractivity contribution in [2.45, 2.75) is 45.0 Å². The van der Waals surface area contributed by atoms with E-state index in [4.69, 9.17) is 0 Å². The standard InChI is InChI=1S/C9H18BrNO/c1-6(2)7(10)8(12)11-9(3,4)5/h6-7H,1-5H3,(H,11,12)/t7-/m0/s1. The third-order valence-electron chi connectivity index (χ3n) is 1.33. The van der Waals surface area contributed by atoms with E-state index in [1.807, 2.05) is 34.6 Å². The SMILES string of the molecule is CC(C)[C@H](Br)C(=O)NC(C)(C)C. The molecule has 0 saturated carbocycles. The second kappa shape index (κ2) is 4.26. The summed E-state index contributed by atoms with van der Waals surface area (Å²) in [5.74, 6) is 0.393. The molecular formula is C9H18BrNO. The van der Waals surface area contributed by atoms with Crippen molar-refractivity contribution in [3.8, 4) is 0 Å². The minimum Gasteiger partial charge on any atom is -0.351 e. The molecule has 0 aromatic rings. The predicted octanol–water partition coefficient (Wildman–Crippen LogP) is 2.32. The lowest BCUT2D eigenvalue weighted by molar-refractivity contribution is -0.122. The summed E-state index contributed by atoms with van der Waals surface area (Å²) in [4.78, 5) is 11.4. The number of alkyl halides is 1. The second-order valence-corrected chi connectivity index (χ2v) is 5.37. The molecule has 0 rings (SSSR count). The van der Waals surface area contributed by atoms with E-state index >= 15 is 0 Å². The Morgan fingerprint density at radius 2 is 1.75 bits per heavy atom. The van der Waals surface area contributed by atoms with Gasteiger partial charge < -0.3 is 5.32 Å². The maximum atomic E-state index is 11.4. The van der Waals surface area contributed by atoms with Crippen molar-refractivity contribution in [2.75, 3.05) is 0 Å². The zero-order chi connectivity index (χ0) is 9.94. The van der Waals surface area contributed by atoms with E-state index in [1.54, 1.807) is 0 Å². The normalized spacial score (nSPS) is 14.6. The van der Waals surface area contributed by atoms with Crippen LogP contribution < -0.4 is 5.32 Å². The van der Waals surface area contributed by atoms with Gasteiger partial charge in [0.05, 0.1) is 4.83 Å². The van der Waals surface area contributed by atoms with E-state index in [0.29, 0.717) is 5.92 Å². The van der Waals surface area contributed by atoms with Crippen LogP contribution in [0.2, 0.25) is 0 Å². The molecule has 0 bridgehead atoms. The third kappa shape index (κ3) is 4.75. The molecule has 0 aliphatic heterocycles. The van der Waals surface area contributed by atoms with Gasteiger partial charge in [0.25, 0.3) is 0 Å². The number of hydrogen-bond donors (Lipinski definition) is 1. The first-order chi connectivity index (χ1) is 5.24. The zero-order valence-corrected chi connectivity index (χ0v) is 10.0. The molecule has 0 spiro atoms. The smallest absolute Gasteiger partial charge is 0.234 e. The van der Waals surface area contributed by atoms with Crippen LogP contribution in [0.15, 0.2) is 0 Å². The van der Waals surface area contributed by atoms with Crippen LogP contribution in [0.5, 0.6) is 0 Å². The molecule has 0 unspecified atom stereocenters. The number of amides is 1. The van der Waals surface area contributed by atoms with Gasteiger partial charge in [0.2, 0.25) is 5.91 Å². The Morgan fingerprint density at radius 1 is 1.33 bits per heavy atom. The van der Waals surface area contributed by atoms with Crippen LogP contribution in [0.1, 0.15) is 34.6 Å². The Morgan fingerprint density at radius 3 is 2.00 bits per heavy atom. The predicted molar refractivity (Wildman–Crippen MR) is 55.4 cm³/mol. The second-order valence-electron chi connectivity index (χ2n) is 4.39. The summed E-state index contributed by atoms with van der Waals surface area (Å²) >= 11 is 3.35. The highest BCUT2D eigenvalue weighted by Gasteiger charge is 2.22. The molecule has 0 aliphatic rings. The molecule has 12 heavy (non-hydrogen) atoms. The minimum absolute atomic E-state index is 0.0671. The summed E-state index contributed by atoms with van der Waals surface area (Å²) in [6, 6.07) is 0. The molecule has 0 aromatic heterocycles. The molecule has 2 nitrogen and oxygen atoms in total. The van der Waals surface area contributed by atoms with Gasteiger partial charge >= 0.3 is 0 Å². The lowest BCUT2D eigenvalue weighted by atomic mass is 10.1. The Hall–Kier alpha value is -0.0500. The van der Waals surface area contributed by atoms with Crippen molar-refractivity contribution in [1.82, 2.24) is 5.32 Å². The van der Waals surface area contributed by atoms with Gasteiger partial charge in [-0.15, -0.1) is 0 Å². The molecule has 0 aliphatic carbocycles. The summed E-state index contributed by atoms with van der Waals surface area (Å²) in [6.07, 6.45) is 0. The van der Waals surface area contributed by atoms with Gasteiger partial charge in [-0.25, -0.2) is 0 Å². The number of nitrogens with one attached hydrogen (secondary N) is 1. The first-order valence-corrected chi connectivity index (χ1v) is 5.11. The summed E-state index contributed by atoms with van der Waals surface area (Å²) in [5, 5.41) is 2.91. The molecule has 0 aromatic carbocycles. The Labute approximate surface area is 83.2 Å². The fourth-order valence-electron chi connectivity index (χ4n) is 0.741.